The zero-order valence-electron chi connectivity index (χ0n) is 17.4. The van der Waals surface area contributed by atoms with Gasteiger partial charge >= 0.3 is 0 Å². The molecule has 0 aliphatic carbocycles. The Morgan fingerprint density at radius 1 is 1.28 bits per heavy atom. The average Bonchev–Trinajstić information content (AvgIpc) is 3.27. The van der Waals surface area contributed by atoms with E-state index in [2.05, 4.69) is 21.9 Å². The van der Waals surface area contributed by atoms with Crippen molar-refractivity contribution in [1.29, 1.82) is 0 Å². The topological polar surface area (TPSA) is 69.5 Å². The molecule has 2 aliphatic heterocycles. The minimum Gasteiger partial charge on any atom is -0.493 e. The van der Waals surface area contributed by atoms with Crippen molar-refractivity contribution in [2.24, 2.45) is 5.92 Å². The molecule has 8 heteroatoms. The molecule has 2 aliphatic rings. The highest BCUT2D eigenvalue weighted by Crippen LogP contribution is 2.43. The van der Waals surface area contributed by atoms with E-state index < -0.39 is 0 Å². The summed E-state index contributed by atoms with van der Waals surface area (Å²) in [6, 6.07) is 5.90. The third-order valence-corrected chi connectivity index (χ3v) is 6.93. The Balaban J connectivity index is 1.72. The molecule has 4 rings (SSSR count). The Morgan fingerprint density at radius 2 is 2.07 bits per heavy atom. The van der Waals surface area contributed by atoms with Gasteiger partial charge in [0.25, 0.3) is 5.91 Å². The van der Waals surface area contributed by atoms with Crippen LogP contribution in [-0.4, -0.2) is 58.1 Å². The minimum atomic E-state index is -0.278. The maximum absolute atomic E-state index is 13.3. The van der Waals surface area contributed by atoms with Crippen LogP contribution in [0, 0.1) is 5.92 Å². The zero-order valence-corrected chi connectivity index (χ0v) is 18.2. The van der Waals surface area contributed by atoms with Gasteiger partial charge in [0.2, 0.25) is 0 Å². The second-order valence-electron chi connectivity index (χ2n) is 7.75. The summed E-state index contributed by atoms with van der Waals surface area (Å²) >= 11 is 1.53. The van der Waals surface area contributed by atoms with Crippen LogP contribution in [0.15, 0.2) is 23.4 Å². The van der Waals surface area contributed by atoms with Crippen LogP contribution in [0.1, 0.15) is 48.9 Å². The highest BCUT2D eigenvalue weighted by Gasteiger charge is 2.43. The molecule has 2 aromatic rings. The molecular weight excluding hydrogens is 388 g/mol. The summed E-state index contributed by atoms with van der Waals surface area (Å²) in [5.74, 6) is 2.70. The standard InChI is InChI=1S/C21H28N4O3S/c1-5-17-22-21-25(23-17)20(26)19(29-21)18(24-10-6-7-13(2)12-24)14-8-9-15(27-3)16(11-14)28-4/h8-9,11,13,18-19H,5-7,10,12H2,1-4H3. The number of hydrogen-bond acceptors (Lipinski definition) is 7. The first-order chi connectivity index (χ1) is 14.0. The lowest BCUT2D eigenvalue weighted by molar-refractivity contribution is 0.0787. The lowest BCUT2D eigenvalue weighted by atomic mass is 9.94. The van der Waals surface area contributed by atoms with E-state index in [9.17, 15) is 4.79 Å². The van der Waals surface area contributed by atoms with Crippen molar-refractivity contribution in [2.75, 3.05) is 27.3 Å². The summed E-state index contributed by atoms with van der Waals surface area (Å²) in [5, 5.41) is 4.83. The first kappa shape index (κ1) is 20.2. The molecule has 0 radical (unpaired) electrons. The normalized spacial score (nSPS) is 23.1. The maximum Gasteiger partial charge on any atom is 0.264 e. The number of aromatic nitrogens is 3. The molecule has 0 N–H and O–H groups in total. The first-order valence-electron chi connectivity index (χ1n) is 10.2. The molecular formula is C21H28N4O3S. The smallest absolute Gasteiger partial charge is 0.264 e. The number of ether oxygens (including phenoxy) is 2. The second kappa shape index (κ2) is 8.36. The van der Waals surface area contributed by atoms with Crippen LogP contribution in [0.25, 0.3) is 0 Å². The summed E-state index contributed by atoms with van der Waals surface area (Å²) in [6.45, 7) is 6.23. The van der Waals surface area contributed by atoms with Crippen LogP contribution in [0.2, 0.25) is 0 Å². The van der Waals surface area contributed by atoms with E-state index >= 15 is 0 Å². The van der Waals surface area contributed by atoms with Gasteiger partial charge in [0.1, 0.15) is 5.25 Å². The van der Waals surface area contributed by atoms with Gasteiger partial charge in [0.15, 0.2) is 22.5 Å². The van der Waals surface area contributed by atoms with Gasteiger partial charge in [-0.3, -0.25) is 9.69 Å². The van der Waals surface area contributed by atoms with Gasteiger partial charge in [-0.05, 0) is 43.0 Å². The number of piperidine rings is 1. The molecule has 0 amide bonds. The summed E-state index contributed by atoms with van der Waals surface area (Å²) in [4.78, 5) is 20.3. The van der Waals surface area contributed by atoms with Crippen LogP contribution in [-0.2, 0) is 6.42 Å². The number of hydrogen-bond donors (Lipinski definition) is 0. The molecule has 1 aromatic carbocycles. The van der Waals surface area contributed by atoms with Crippen molar-refractivity contribution < 1.29 is 14.3 Å². The second-order valence-corrected chi connectivity index (χ2v) is 8.86. The Hall–Kier alpha value is -2.06. The molecule has 0 spiro atoms. The van der Waals surface area contributed by atoms with Gasteiger partial charge in [-0.2, -0.15) is 4.68 Å². The summed E-state index contributed by atoms with van der Waals surface area (Å²) in [7, 11) is 3.27. The van der Waals surface area contributed by atoms with Crippen LogP contribution in [0.5, 0.6) is 11.5 Å². The Kier molecular flexibility index (Phi) is 5.83. The number of methoxy groups -OCH3 is 2. The largest absolute Gasteiger partial charge is 0.493 e. The van der Waals surface area contributed by atoms with Crippen LogP contribution in [0.3, 0.4) is 0 Å². The zero-order chi connectivity index (χ0) is 20.5. The number of carbonyl (C=O) groups excluding carboxylic acids is 1. The number of aryl methyl sites for hydroxylation is 1. The predicted molar refractivity (Wildman–Crippen MR) is 112 cm³/mol. The van der Waals surface area contributed by atoms with Gasteiger partial charge in [0, 0.05) is 13.0 Å². The van der Waals surface area contributed by atoms with Crippen LogP contribution >= 0.6 is 11.8 Å². The number of likely N-dealkylation sites (tertiary alicyclic amines) is 1. The van der Waals surface area contributed by atoms with Crippen molar-refractivity contribution in [1.82, 2.24) is 19.7 Å². The highest BCUT2D eigenvalue weighted by molar-refractivity contribution is 8.00. The third kappa shape index (κ3) is 3.75. The SMILES string of the molecule is CCc1nc2n(n1)C(=O)C(C(c1ccc(OC)c(OC)c1)N1CCCC(C)C1)S2. The number of fused-ring (bicyclic) bond motifs is 1. The van der Waals surface area contributed by atoms with Gasteiger partial charge in [-0.25, -0.2) is 4.98 Å². The van der Waals surface area contributed by atoms with Crippen molar-refractivity contribution in [3.63, 3.8) is 0 Å². The molecule has 1 aromatic heterocycles. The number of nitrogens with zero attached hydrogens (tertiary/aromatic N) is 4. The molecule has 3 heterocycles. The van der Waals surface area contributed by atoms with E-state index in [0.29, 0.717) is 28.4 Å². The Bertz CT molecular complexity index is 900. The molecule has 3 atom stereocenters. The van der Waals surface area contributed by atoms with Crippen LogP contribution in [0.4, 0.5) is 0 Å². The molecule has 29 heavy (non-hydrogen) atoms. The van der Waals surface area contributed by atoms with Gasteiger partial charge < -0.3 is 9.47 Å². The van der Waals surface area contributed by atoms with Gasteiger partial charge in [-0.15, -0.1) is 5.10 Å². The Labute approximate surface area is 175 Å². The Morgan fingerprint density at radius 3 is 2.72 bits per heavy atom. The van der Waals surface area contributed by atoms with Gasteiger partial charge in [-0.1, -0.05) is 31.7 Å². The fourth-order valence-electron chi connectivity index (χ4n) is 4.28. The minimum absolute atomic E-state index is 0.00946. The summed E-state index contributed by atoms with van der Waals surface area (Å²) in [5.41, 5.74) is 1.06. The van der Waals surface area contributed by atoms with Crippen molar-refractivity contribution >= 4 is 17.7 Å². The average molecular weight is 417 g/mol. The highest BCUT2D eigenvalue weighted by atomic mass is 32.2. The van der Waals surface area contributed by atoms with E-state index in [1.165, 1.54) is 22.9 Å². The number of carbonyl (C=O) groups is 1. The predicted octanol–water partition coefficient (Wildman–Crippen LogP) is 3.45. The van der Waals surface area contributed by atoms with Gasteiger partial charge in [0.05, 0.1) is 20.3 Å². The van der Waals surface area contributed by atoms with Crippen molar-refractivity contribution in [2.45, 2.75) is 49.6 Å². The number of benzene rings is 1. The van der Waals surface area contributed by atoms with E-state index in [1.807, 2.05) is 25.1 Å². The van der Waals surface area contributed by atoms with Crippen LogP contribution < -0.4 is 9.47 Å². The maximum atomic E-state index is 13.3. The number of rotatable bonds is 6. The quantitative estimate of drug-likeness (QED) is 0.714. The van der Waals surface area contributed by atoms with E-state index in [1.54, 1.807) is 14.2 Å². The first-order valence-corrected chi connectivity index (χ1v) is 11.1. The molecule has 1 fully saturated rings. The molecule has 0 saturated carbocycles. The fraction of sp³-hybridized carbons (Fsp3) is 0.571. The molecule has 7 nitrogen and oxygen atoms in total. The van der Waals surface area contributed by atoms with E-state index in [4.69, 9.17) is 9.47 Å². The molecule has 1 saturated heterocycles. The fourth-order valence-corrected chi connectivity index (χ4v) is 5.56. The molecule has 156 valence electrons. The van der Waals surface area contributed by atoms with Crippen molar-refractivity contribution in [3.05, 3.63) is 29.6 Å². The monoisotopic (exact) mass is 416 g/mol. The third-order valence-electron chi connectivity index (χ3n) is 5.74. The van der Waals surface area contributed by atoms with E-state index in [0.717, 1.165) is 31.5 Å². The molecule has 3 unspecified atom stereocenters. The molecule has 0 bridgehead atoms. The van der Waals surface area contributed by atoms with Crippen molar-refractivity contribution in [3.8, 4) is 11.5 Å². The summed E-state index contributed by atoms with van der Waals surface area (Å²) < 4.78 is 12.4. The van der Waals surface area contributed by atoms with E-state index in [-0.39, 0.29) is 17.2 Å². The lowest BCUT2D eigenvalue weighted by Gasteiger charge is -2.39. The lowest BCUT2D eigenvalue weighted by Crippen LogP contribution is -2.43. The number of thioether (sulfide) groups is 1. The summed E-state index contributed by atoms with van der Waals surface area (Å²) in [6.07, 6.45) is 3.09.